The van der Waals surface area contributed by atoms with Gasteiger partial charge >= 0.3 is 0 Å². The first kappa shape index (κ1) is 11.4. The number of hydrogen-bond donors (Lipinski definition) is 0. The number of hydrogen-bond acceptors (Lipinski definition) is 1. The topological polar surface area (TPSA) is 9.23 Å². The Morgan fingerprint density at radius 2 is 1.93 bits per heavy atom. The summed E-state index contributed by atoms with van der Waals surface area (Å²) in [7, 11) is -0.264. The van der Waals surface area contributed by atoms with Gasteiger partial charge in [0.05, 0.1) is 5.38 Å². The van der Waals surface area contributed by atoms with Crippen molar-refractivity contribution in [2.24, 2.45) is 0 Å². The first-order valence-corrected chi connectivity index (χ1v) is 7.05. The quantitative estimate of drug-likeness (QED) is 0.394. The van der Waals surface area contributed by atoms with E-state index in [1.165, 1.54) is 37.7 Å². The van der Waals surface area contributed by atoms with Crippen LogP contribution in [0.4, 0.5) is 0 Å². The summed E-state index contributed by atoms with van der Waals surface area (Å²) in [4.78, 5) is 0. The van der Waals surface area contributed by atoms with Gasteiger partial charge in [-0.15, -0.1) is 0 Å². The highest BCUT2D eigenvalue weighted by Gasteiger charge is 2.17. The summed E-state index contributed by atoms with van der Waals surface area (Å²) in [6, 6.07) is 0. The van der Waals surface area contributed by atoms with Crippen molar-refractivity contribution in [2.75, 3.05) is 0 Å². The molecule has 1 aliphatic carbocycles. The molecule has 1 aliphatic rings. The third-order valence-electron chi connectivity index (χ3n) is 2.94. The van der Waals surface area contributed by atoms with Crippen LogP contribution in [0.2, 0.25) is 5.54 Å². The normalized spacial score (nSPS) is 18.1. The summed E-state index contributed by atoms with van der Waals surface area (Å²) in [6.45, 7) is 4.20. The van der Waals surface area contributed by atoms with E-state index in [9.17, 15) is 0 Å². The van der Waals surface area contributed by atoms with Crippen molar-refractivity contribution in [1.29, 1.82) is 0 Å². The number of rotatable bonds is 3. The van der Waals surface area contributed by atoms with E-state index in [0.717, 1.165) is 10.9 Å². The largest absolute Gasteiger partial charge is 0.418 e. The Bertz CT molecular complexity index is 240. The molecule has 0 aromatic carbocycles. The Morgan fingerprint density at radius 1 is 1.29 bits per heavy atom. The van der Waals surface area contributed by atoms with Crippen LogP contribution in [0, 0.1) is 12.5 Å². The fourth-order valence-electron chi connectivity index (χ4n) is 2.07. The minimum absolute atomic E-state index is 0.264. The molecule has 0 spiro atoms. The van der Waals surface area contributed by atoms with Crippen molar-refractivity contribution in [1.82, 2.24) is 0 Å². The molecule has 0 aromatic rings. The predicted molar refractivity (Wildman–Crippen MR) is 63.7 cm³/mol. The monoisotopic (exact) mass is 208 g/mol. The molecular weight excluding hydrogens is 188 g/mol. The molecule has 0 bridgehead atoms. The van der Waals surface area contributed by atoms with Crippen LogP contribution >= 0.6 is 0 Å². The molecule has 0 saturated heterocycles. The van der Waals surface area contributed by atoms with Crippen molar-refractivity contribution in [3.8, 4) is 12.5 Å². The van der Waals surface area contributed by atoms with Crippen LogP contribution in [0.1, 0.15) is 46.0 Å². The average molecular weight is 208 g/mol. The third kappa shape index (κ3) is 3.59. The maximum atomic E-state index is 5.28. The molecule has 1 nitrogen and oxygen atoms in total. The number of allylic oxidation sites excluding steroid dienone is 1. The summed E-state index contributed by atoms with van der Waals surface area (Å²) in [5.41, 5.74) is 2.21. The molecule has 1 saturated carbocycles. The molecule has 2 heteroatoms. The van der Waals surface area contributed by atoms with Crippen molar-refractivity contribution in [2.45, 2.75) is 51.5 Å². The smallest absolute Gasteiger partial charge is 0.111 e. The van der Waals surface area contributed by atoms with Crippen LogP contribution in [0.15, 0.2) is 11.0 Å². The van der Waals surface area contributed by atoms with E-state index in [1.807, 2.05) is 0 Å². The summed E-state index contributed by atoms with van der Waals surface area (Å²) < 4.78 is 5.28. The van der Waals surface area contributed by atoms with Crippen LogP contribution in [-0.4, -0.2) is 9.52 Å². The fourth-order valence-corrected chi connectivity index (χ4v) is 4.16. The fraction of sp³-hybridized carbons (Fsp3) is 0.667. The van der Waals surface area contributed by atoms with Gasteiger partial charge in [-0.25, -0.2) is 0 Å². The molecular formula is C12H20OSi. The van der Waals surface area contributed by atoms with Gasteiger partial charge in [-0.3, -0.25) is 0 Å². The van der Waals surface area contributed by atoms with E-state index in [4.69, 9.17) is 11.2 Å². The SMILES string of the molecule is C#COC([SiH2]C1CCCCC1)=C(C)C. The van der Waals surface area contributed by atoms with Gasteiger partial charge in [0.15, 0.2) is 0 Å². The summed E-state index contributed by atoms with van der Waals surface area (Å²) in [5, 5.41) is 1.15. The van der Waals surface area contributed by atoms with E-state index in [1.54, 1.807) is 0 Å². The Morgan fingerprint density at radius 3 is 2.43 bits per heavy atom. The zero-order valence-electron chi connectivity index (χ0n) is 9.31. The first-order valence-electron chi connectivity index (χ1n) is 5.53. The maximum absolute atomic E-state index is 5.28. The van der Waals surface area contributed by atoms with Gasteiger partial charge in [0, 0.05) is 0 Å². The van der Waals surface area contributed by atoms with Crippen LogP contribution < -0.4 is 0 Å². The number of terminal acetylenes is 1. The van der Waals surface area contributed by atoms with Crippen LogP contribution in [0.3, 0.4) is 0 Å². The second-order valence-electron chi connectivity index (χ2n) is 4.35. The lowest BCUT2D eigenvalue weighted by molar-refractivity contribution is 0.407. The number of ether oxygens (including phenoxy) is 1. The van der Waals surface area contributed by atoms with E-state index in [0.29, 0.717) is 0 Å². The zero-order chi connectivity index (χ0) is 10.4. The standard InChI is InChI=1S/C12H20OSi/c1-4-13-12(10(2)3)14-11-8-6-5-7-9-11/h1,11H,5-9,14H2,2-3H3. The van der Waals surface area contributed by atoms with Gasteiger partial charge in [-0.1, -0.05) is 38.5 Å². The lowest BCUT2D eigenvalue weighted by atomic mass is 10.0. The molecule has 0 aromatic heterocycles. The molecule has 0 aliphatic heterocycles. The highest BCUT2D eigenvalue weighted by Crippen LogP contribution is 2.29. The highest BCUT2D eigenvalue weighted by atomic mass is 28.2. The van der Waals surface area contributed by atoms with Crippen molar-refractivity contribution in [3.63, 3.8) is 0 Å². The minimum Gasteiger partial charge on any atom is -0.418 e. The summed E-state index contributed by atoms with van der Waals surface area (Å²) >= 11 is 0. The molecule has 0 heterocycles. The van der Waals surface area contributed by atoms with Crippen molar-refractivity contribution < 1.29 is 4.74 Å². The molecule has 1 rings (SSSR count). The van der Waals surface area contributed by atoms with Crippen LogP contribution in [0.5, 0.6) is 0 Å². The van der Waals surface area contributed by atoms with Crippen molar-refractivity contribution in [3.05, 3.63) is 11.0 Å². The molecule has 0 atom stereocenters. The molecule has 0 unspecified atom stereocenters. The molecule has 1 fully saturated rings. The Hall–Kier alpha value is -0.683. The van der Waals surface area contributed by atoms with Crippen LogP contribution in [-0.2, 0) is 4.74 Å². The van der Waals surface area contributed by atoms with Gasteiger partial charge in [0.25, 0.3) is 0 Å². The summed E-state index contributed by atoms with van der Waals surface area (Å²) in [5.74, 6) is 0. The lowest BCUT2D eigenvalue weighted by Gasteiger charge is -2.21. The van der Waals surface area contributed by atoms with E-state index < -0.39 is 0 Å². The van der Waals surface area contributed by atoms with Crippen LogP contribution in [0.25, 0.3) is 0 Å². The van der Waals surface area contributed by atoms with Gasteiger partial charge in [-0.2, -0.15) is 0 Å². The third-order valence-corrected chi connectivity index (χ3v) is 5.55. The molecule has 0 N–H and O–H groups in total. The second-order valence-corrected chi connectivity index (χ2v) is 6.56. The maximum Gasteiger partial charge on any atom is 0.111 e. The molecule has 0 radical (unpaired) electrons. The van der Waals surface area contributed by atoms with E-state index in [-0.39, 0.29) is 9.52 Å². The van der Waals surface area contributed by atoms with E-state index in [2.05, 4.69) is 20.0 Å². The van der Waals surface area contributed by atoms with Crippen molar-refractivity contribution >= 4 is 9.52 Å². The zero-order valence-corrected chi connectivity index (χ0v) is 10.7. The minimum atomic E-state index is -0.264. The first-order chi connectivity index (χ1) is 6.74. The molecule has 78 valence electrons. The van der Waals surface area contributed by atoms with Gasteiger partial charge < -0.3 is 4.74 Å². The Balaban J connectivity index is 2.47. The lowest BCUT2D eigenvalue weighted by Crippen LogP contribution is -2.12. The Labute approximate surface area is 89.7 Å². The van der Waals surface area contributed by atoms with Gasteiger partial charge in [0.2, 0.25) is 0 Å². The van der Waals surface area contributed by atoms with E-state index >= 15 is 0 Å². The Kier molecular flexibility index (Phi) is 4.82. The molecule has 0 amide bonds. The van der Waals surface area contributed by atoms with Gasteiger partial charge in [-0.05, 0) is 25.0 Å². The highest BCUT2D eigenvalue weighted by molar-refractivity contribution is 6.46. The van der Waals surface area contributed by atoms with Gasteiger partial charge in [0.1, 0.15) is 15.6 Å². The molecule has 14 heavy (non-hydrogen) atoms. The second kappa shape index (κ2) is 5.92. The predicted octanol–water partition coefficient (Wildman–Crippen LogP) is 2.77. The summed E-state index contributed by atoms with van der Waals surface area (Å²) in [6.07, 6.45) is 14.5. The average Bonchev–Trinajstić information content (AvgIpc) is 2.18.